The van der Waals surface area contributed by atoms with Crippen molar-refractivity contribution in [2.75, 3.05) is 6.54 Å². The van der Waals surface area contributed by atoms with Crippen molar-refractivity contribution < 1.29 is 9.72 Å². The quantitative estimate of drug-likeness (QED) is 0.483. The van der Waals surface area contributed by atoms with E-state index in [1.165, 1.54) is 17.7 Å². The zero-order valence-corrected chi connectivity index (χ0v) is 13.1. The maximum atomic E-state index is 12.1. The average Bonchev–Trinajstić information content (AvgIpc) is 2.59. The lowest BCUT2D eigenvalue weighted by Gasteiger charge is -2.12. The van der Waals surface area contributed by atoms with Crippen LogP contribution in [0.4, 0.5) is 5.69 Å². The fraction of sp³-hybridized carbons (Fsp3) is 0.278. The Balaban J connectivity index is 1.79. The van der Waals surface area contributed by atoms with Gasteiger partial charge < -0.3 is 5.32 Å². The minimum atomic E-state index is -0.446. The molecule has 0 unspecified atom stereocenters. The second-order valence-electron chi connectivity index (χ2n) is 5.45. The lowest BCUT2D eigenvalue weighted by Crippen LogP contribution is -2.29. The number of amides is 1. The van der Waals surface area contributed by atoms with Crippen LogP contribution in [0, 0.1) is 10.1 Å². The summed E-state index contributed by atoms with van der Waals surface area (Å²) in [5.41, 5.74) is 2.06. The summed E-state index contributed by atoms with van der Waals surface area (Å²) >= 11 is 0. The highest BCUT2D eigenvalue weighted by molar-refractivity contribution is 5.83. The number of non-ortho nitro benzene ring substituents is 1. The molecule has 120 valence electrons. The zero-order valence-electron chi connectivity index (χ0n) is 13.1. The van der Waals surface area contributed by atoms with Gasteiger partial charge in [0.05, 0.1) is 10.8 Å². The number of nitrogens with zero attached hydrogens (tertiary/aromatic N) is 1. The van der Waals surface area contributed by atoms with Gasteiger partial charge in [-0.15, -0.1) is 0 Å². The molecule has 0 aliphatic heterocycles. The summed E-state index contributed by atoms with van der Waals surface area (Å²) in [6.45, 7) is 2.42. The van der Waals surface area contributed by atoms with Gasteiger partial charge in [0, 0.05) is 18.7 Å². The van der Waals surface area contributed by atoms with Crippen LogP contribution in [0.3, 0.4) is 0 Å². The number of hydrogen-bond donors (Lipinski definition) is 1. The molecule has 0 saturated carbocycles. The van der Waals surface area contributed by atoms with Crippen molar-refractivity contribution in [3.05, 3.63) is 75.8 Å². The van der Waals surface area contributed by atoms with Crippen LogP contribution in [-0.2, 0) is 11.2 Å². The van der Waals surface area contributed by atoms with E-state index < -0.39 is 4.92 Å². The largest absolute Gasteiger partial charge is 0.356 e. The number of rotatable bonds is 7. The first-order valence-electron chi connectivity index (χ1n) is 7.64. The van der Waals surface area contributed by atoms with Crippen molar-refractivity contribution in [2.45, 2.75) is 25.7 Å². The molecule has 0 aromatic heterocycles. The molecule has 23 heavy (non-hydrogen) atoms. The molecule has 0 fully saturated rings. The molecule has 0 aliphatic rings. The van der Waals surface area contributed by atoms with Crippen LogP contribution in [0.15, 0.2) is 54.6 Å². The molecule has 2 aromatic rings. The summed E-state index contributed by atoms with van der Waals surface area (Å²) in [5, 5.41) is 13.5. The highest BCUT2D eigenvalue weighted by Crippen LogP contribution is 2.19. The fourth-order valence-electron chi connectivity index (χ4n) is 2.34. The first-order valence-corrected chi connectivity index (χ1v) is 7.64. The van der Waals surface area contributed by atoms with E-state index in [-0.39, 0.29) is 17.5 Å². The van der Waals surface area contributed by atoms with Gasteiger partial charge in [0.1, 0.15) is 0 Å². The molecule has 2 rings (SSSR count). The van der Waals surface area contributed by atoms with E-state index in [0.29, 0.717) is 6.54 Å². The number of nitro benzene ring substituents is 1. The number of nitrogens with one attached hydrogen (secondary N) is 1. The average molecular weight is 312 g/mol. The second-order valence-corrected chi connectivity index (χ2v) is 5.45. The van der Waals surface area contributed by atoms with Crippen molar-refractivity contribution >= 4 is 11.6 Å². The third-order valence-corrected chi connectivity index (χ3v) is 3.78. The van der Waals surface area contributed by atoms with E-state index in [0.717, 1.165) is 18.4 Å². The van der Waals surface area contributed by atoms with Crippen molar-refractivity contribution in [1.29, 1.82) is 0 Å². The number of hydrogen-bond acceptors (Lipinski definition) is 3. The van der Waals surface area contributed by atoms with Gasteiger partial charge in [-0.1, -0.05) is 42.5 Å². The smallest absolute Gasteiger partial charge is 0.269 e. The van der Waals surface area contributed by atoms with E-state index in [2.05, 4.69) is 17.4 Å². The minimum absolute atomic E-state index is 0.0317. The van der Waals surface area contributed by atoms with Gasteiger partial charge in [-0.05, 0) is 30.9 Å². The topological polar surface area (TPSA) is 72.2 Å². The van der Waals surface area contributed by atoms with Crippen LogP contribution in [0.5, 0.6) is 0 Å². The van der Waals surface area contributed by atoms with Crippen LogP contribution < -0.4 is 5.32 Å². The predicted octanol–water partition coefficient (Wildman–Crippen LogP) is 3.45. The van der Waals surface area contributed by atoms with Gasteiger partial charge in [-0.25, -0.2) is 0 Å². The predicted molar refractivity (Wildman–Crippen MR) is 89.3 cm³/mol. The van der Waals surface area contributed by atoms with Crippen LogP contribution in [0.1, 0.15) is 30.4 Å². The Kier molecular flexibility index (Phi) is 5.86. The third kappa shape index (κ3) is 4.92. The molecule has 0 heterocycles. The Morgan fingerprint density at radius 3 is 2.39 bits per heavy atom. The Labute approximate surface area is 135 Å². The van der Waals surface area contributed by atoms with E-state index in [1.54, 1.807) is 19.1 Å². The summed E-state index contributed by atoms with van der Waals surface area (Å²) in [6.07, 6.45) is 1.80. The van der Waals surface area contributed by atoms with Gasteiger partial charge in [0.15, 0.2) is 0 Å². The molecule has 1 amide bonds. The monoisotopic (exact) mass is 312 g/mol. The Hall–Kier alpha value is -2.69. The normalized spacial score (nSPS) is 11.7. The van der Waals surface area contributed by atoms with Crippen LogP contribution in [0.25, 0.3) is 0 Å². The Morgan fingerprint density at radius 2 is 1.78 bits per heavy atom. The SMILES string of the molecule is C[C@H](C(=O)NCCCc1ccccc1)c1ccc([N+](=O)[O-])cc1. The molecule has 0 aliphatic carbocycles. The number of nitro groups is 1. The molecule has 5 heteroatoms. The molecule has 5 nitrogen and oxygen atoms in total. The number of aryl methyl sites for hydroxylation is 1. The van der Waals surface area contributed by atoms with E-state index in [9.17, 15) is 14.9 Å². The Bertz CT molecular complexity index is 654. The third-order valence-electron chi connectivity index (χ3n) is 3.78. The fourth-order valence-corrected chi connectivity index (χ4v) is 2.34. The number of benzene rings is 2. The van der Waals surface area contributed by atoms with Crippen molar-refractivity contribution in [2.24, 2.45) is 0 Å². The van der Waals surface area contributed by atoms with Crippen LogP contribution in [0.2, 0.25) is 0 Å². The number of carbonyl (C=O) groups excluding carboxylic acids is 1. The molecule has 0 spiro atoms. The number of carbonyl (C=O) groups is 1. The van der Waals surface area contributed by atoms with E-state index in [4.69, 9.17) is 0 Å². The van der Waals surface area contributed by atoms with Crippen molar-refractivity contribution in [1.82, 2.24) is 5.32 Å². The first kappa shape index (κ1) is 16.7. The summed E-state index contributed by atoms with van der Waals surface area (Å²) < 4.78 is 0. The molecule has 1 atom stereocenters. The molecule has 0 bridgehead atoms. The summed E-state index contributed by atoms with van der Waals surface area (Å²) in [6, 6.07) is 16.2. The van der Waals surface area contributed by atoms with Gasteiger partial charge in [-0.2, -0.15) is 0 Å². The zero-order chi connectivity index (χ0) is 16.7. The van der Waals surface area contributed by atoms with Crippen LogP contribution in [-0.4, -0.2) is 17.4 Å². The van der Waals surface area contributed by atoms with Crippen molar-refractivity contribution in [3.63, 3.8) is 0 Å². The molecular formula is C18H20N2O3. The minimum Gasteiger partial charge on any atom is -0.356 e. The van der Waals surface area contributed by atoms with E-state index >= 15 is 0 Å². The molecule has 0 radical (unpaired) electrons. The summed E-state index contributed by atoms with van der Waals surface area (Å²) in [4.78, 5) is 22.3. The lowest BCUT2D eigenvalue weighted by atomic mass is 10.00. The van der Waals surface area contributed by atoms with Gasteiger partial charge in [0.2, 0.25) is 5.91 Å². The molecular weight excluding hydrogens is 292 g/mol. The maximum Gasteiger partial charge on any atom is 0.269 e. The van der Waals surface area contributed by atoms with Gasteiger partial charge in [0.25, 0.3) is 5.69 Å². The highest BCUT2D eigenvalue weighted by Gasteiger charge is 2.15. The summed E-state index contributed by atoms with van der Waals surface area (Å²) in [7, 11) is 0. The van der Waals surface area contributed by atoms with Gasteiger partial charge >= 0.3 is 0 Å². The van der Waals surface area contributed by atoms with Crippen LogP contribution >= 0.6 is 0 Å². The Morgan fingerprint density at radius 1 is 1.13 bits per heavy atom. The van der Waals surface area contributed by atoms with Crippen molar-refractivity contribution in [3.8, 4) is 0 Å². The van der Waals surface area contributed by atoms with E-state index in [1.807, 2.05) is 18.2 Å². The lowest BCUT2D eigenvalue weighted by molar-refractivity contribution is -0.384. The summed E-state index contributed by atoms with van der Waals surface area (Å²) in [5.74, 6) is -0.389. The maximum absolute atomic E-state index is 12.1. The second kappa shape index (κ2) is 8.08. The molecule has 1 N–H and O–H groups in total. The highest BCUT2D eigenvalue weighted by atomic mass is 16.6. The molecule has 2 aromatic carbocycles. The molecule has 0 saturated heterocycles. The standard InChI is InChI=1S/C18H20N2O3/c1-14(16-9-11-17(12-10-16)20(22)23)18(21)19-13-5-8-15-6-3-2-4-7-15/h2-4,6-7,9-12,14H,5,8,13H2,1H3,(H,19,21)/t14-/m0/s1. The first-order chi connectivity index (χ1) is 11.1. The van der Waals surface area contributed by atoms with Gasteiger partial charge in [-0.3, -0.25) is 14.9 Å².